The van der Waals surface area contributed by atoms with Crippen LogP contribution >= 0.6 is 0 Å². The molecule has 1 aromatic rings. The fourth-order valence-electron chi connectivity index (χ4n) is 2.46. The van der Waals surface area contributed by atoms with Crippen LogP contribution in [0.4, 0.5) is 5.69 Å². The van der Waals surface area contributed by atoms with Gasteiger partial charge >= 0.3 is 0 Å². The quantitative estimate of drug-likeness (QED) is 0.212. The summed E-state index contributed by atoms with van der Waals surface area (Å²) in [5.74, 6) is 0.807. The highest BCUT2D eigenvalue weighted by molar-refractivity contribution is 5.95. The number of nitrogens with zero attached hydrogens (tertiary/aromatic N) is 3. The van der Waals surface area contributed by atoms with Crippen LogP contribution in [0.25, 0.3) is 0 Å². The Morgan fingerprint density at radius 3 is 2.38 bits per heavy atom. The minimum Gasteiger partial charge on any atom is -0.363 e. The van der Waals surface area contributed by atoms with Crippen molar-refractivity contribution in [1.82, 2.24) is 4.90 Å². The van der Waals surface area contributed by atoms with Crippen LogP contribution in [0.15, 0.2) is 47.2 Å². The summed E-state index contributed by atoms with van der Waals surface area (Å²) in [7, 11) is 1.98. The van der Waals surface area contributed by atoms with Gasteiger partial charge in [-0.15, -0.1) is 0 Å². The number of hydrogen-bond donors (Lipinski definition) is 1. The molecule has 0 saturated heterocycles. The van der Waals surface area contributed by atoms with Gasteiger partial charge in [0.1, 0.15) is 11.9 Å². The number of carbonyl (C=O) groups excluding carboxylic acids is 1. The summed E-state index contributed by atoms with van der Waals surface area (Å²) in [5, 5.41) is 12.6. The second kappa shape index (κ2) is 11.9. The van der Waals surface area contributed by atoms with Crippen molar-refractivity contribution in [2.45, 2.75) is 55.4 Å². The fraction of sp³-hybridized carbons (Fsp3) is 0.458. The van der Waals surface area contributed by atoms with Crippen molar-refractivity contribution in [1.29, 1.82) is 5.26 Å². The number of carbonyl (C=O) groups is 1. The van der Waals surface area contributed by atoms with E-state index in [9.17, 15) is 10.1 Å². The first-order valence-corrected chi connectivity index (χ1v) is 9.88. The molecule has 0 saturated carbocycles. The number of aliphatic imine (C=N–C) groups is 1. The van der Waals surface area contributed by atoms with E-state index in [2.05, 4.69) is 48.6 Å². The SMILES string of the molecule is C=C(Nc1cc(C(C)=O)ccc1C)/C(C#N)=C\N=C(C)N(C)CC(C)(C)C.CC. The van der Waals surface area contributed by atoms with Gasteiger partial charge in [0.05, 0.1) is 11.3 Å². The molecule has 1 rings (SSSR count). The van der Waals surface area contributed by atoms with Gasteiger partial charge in [-0.3, -0.25) is 4.79 Å². The van der Waals surface area contributed by atoms with Gasteiger partial charge < -0.3 is 10.2 Å². The number of nitrogens with one attached hydrogen (secondary N) is 1. The van der Waals surface area contributed by atoms with E-state index in [0.29, 0.717) is 16.8 Å². The Labute approximate surface area is 176 Å². The lowest BCUT2D eigenvalue weighted by Crippen LogP contribution is -2.32. The van der Waals surface area contributed by atoms with E-state index in [1.165, 1.54) is 13.1 Å². The van der Waals surface area contributed by atoms with Gasteiger partial charge in [0.15, 0.2) is 5.78 Å². The van der Waals surface area contributed by atoms with E-state index >= 15 is 0 Å². The molecule has 0 heterocycles. The Balaban J connectivity index is 0.00000379. The highest BCUT2D eigenvalue weighted by Crippen LogP contribution is 2.21. The van der Waals surface area contributed by atoms with E-state index in [-0.39, 0.29) is 11.2 Å². The van der Waals surface area contributed by atoms with Crippen LogP contribution in [0.5, 0.6) is 0 Å². The summed E-state index contributed by atoms with van der Waals surface area (Å²) in [4.78, 5) is 18.1. The Kier molecular flexibility index (Phi) is 10.7. The molecule has 29 heavy (non-hydrogen) atoms. The number of ketones is 1. The standard InChI is InChI=1S/C22H30N4O.C2H6/c1-15-9-10-19(17(3)27)11-21(15)25-16(2)20(12-23)13-24-18(4)26(8)14-22(5,6)7;1-2/h9-11,13,25H,2,14H2,1,3-8H3;1-2H3/b20-13-,24-18?;. The van der Waals surface area contributed by atoms with Gasteiger partial charge in [-0.1, -0.05) is 53.3 Å². The lowest BCUT2D eigenvalue weighted by atomic mass is 9.96. The third-order valence-electron chi connectivity index (χ3n) is 4.02. The predicted molar refractivity (Wildman–Crippen MR) is 124 cm³/mol. The van der Waals surface area contributed by atoms with Crippen molar-refractivity contribution in [3.8, 4) is 6.07 Å². The van der Waals surface area contributed by atoms with E-state index in [1.54, 1.807) is 12.1 Å². The molecule has 0 aromatic heterocycles. The molecule has 158 valence electrons. The van der Waals surface area contributed by atoms with E-state index in [1.807, 2.05) is 40.8 Å². The number of aryl methyl sites for hydroxylation is 1. The number of rotatable bonds is 6. The van der Waals surface area contributed by atoms with Crippen molar-refractivity contribution in [3.63, 3.8) is 0 Å². The molecule has 0 bridgehead atoms. The zero-order valence-corrected chi connectivity index (χ0v) is 19.5. The summed E-state index contributed by atoms with van der Waals surface area (Å²) in [5.41, 5.74) is 3.25. The minimum atomic E-state index is -0.0122. The van der Waals surface area contributed by atoms with Crippen molar-refractivity contribution in [3.05, 3.63) is 53.4 Å². The molecule has 5 nitrogen and oxygen atoms in total. The molecule has 0 aliphatic heterocycles. The first-order chi connectivity index (χ1) is 13.4. The second-order valence-electron chi connectivity index (χ2n) is 7.94. The first-order valence-electron chi connectivity index (χ1n) is 9.88. The molecule has 1 aromatic carbocycles. The maximum absolute atomic E-state index is 11.6. The van der Waals surface area contributed by atoms with E-state index < -0.39 is 0 Å². The lowest BCUT2D eigenvalue weighted by Gasteiger charge is -2.27. The first kappa shape index (κ1) is 26.1. The molecule has 0 amide bonds. The minimum absolute atomic E-state index is 0.0122. The molecule has 0 aliphatic rings. The number of Topliss-reactive ketones (excluding diaryl/α,β-unsaturated/α-hetero) is 1. The molecule has 0 atom stereocenters. The molecule has 5 heteroatoms. The van der Waals surface area contributed by atoms with Crippen LogP contribution in [-0.2, 0) is 0 Å². The van der Waals surface area contributed by atoms with Crippen molar-refractivity contribution >= 4 is 17.3 Å². The summed E-state index contributed by atoms with van der Waals surface area (Å²) in [6.45, 7) is 20.7. The van der Waals surface area contributed by atoms with Gasteiger partial charge in [0.25, 0.3) is 0 Å². The fourth-order valence-corrected chi connectivity index (χ4v) is 2.46. The monoisotopic (exact) mass is 396 g/mol. The molecular formula is C24H36N4O. The average Bonchev–Trinajstić information content (AvgIpc) is 2.63. The van der Waals surface area contributed by atoms with E-state index in [0.717, 1.165) is 23.6 Å². The Morgan fingerprint density at radius 2 is 1.90 bits per heavy atom. The van der Waals surface area contributed by atoms with Crippen LogP contribution in [0.3, 0.4) is 0 Å². The smallest absolute Gasteiger partial charge is 0.159 e. The molecule has 0 spiro atoms. The third kappa shape index (κ3) is 9.25. The van der Waals surface area contributed by atoms with Crippen LogP contribution in [0.1, 0.15) is 64.4 Å². The van der Waals surface area contributed by atoms with Crippen molar-refractivity contribution in [2.24, 2.45) is 10.4 Å². The Morgan fingerprint density at radius 1 is 1.31 bits per heavy atom. The summed E-state index contributed by atoms with van der Waals surface area (Å²) >= 11 is 0. The van der Waals surface area contributed by atoms with Crippen LogP contribution < -0.4 is 5.32 Å². The number of amidine groups is 1. The van der Waals surface area contributed by atoms with Gasteiger partial charge in [-0.2, -0.15) is 5.26 Å². The summed E-state index contributed by atoms with van der Waals surface area (Å²) in [6, 6.07) is 7.55. The molecule has 0 fully saturated rings. The van der Waals surface area contributed by atoms with Crippen molar-refractivity contribution in [2.75, 3.05) is 18.9 Å². The third-order valence-corrected chi connectivity index (χ3v) is 4.02. The topological polar surface area (TPSA) is 68.5 Å². The van der Waals surface area contributed by atoms with Gasteiger partial charge in [-0.25, -0.2) is 4.99 Å². The maximum atomic E-state index is 11.6. The zero-order chi connectivity index (χ0) is 22.8. The Hall–Kier alpha value is -2.87. The van der Waals surface area contributed by atoms with Gasteiger partial charge in [0, 0.05) is 31.0 Å². The number of allylic oxidation sites excluding steroid dienone is 1. The van der Waals surface area contributed by atoms with Crippen LogP contribution in [0.2, 0.25) is 0 Å². The van der Waals surface area contributed by atoms with Gasteiger partial charge in [-0.05, 0) is 37.8 Å². The zero-order valence-electron chi connectivity index (χ0n) is 19.5. The van der Waals surface area contributed by atoms with Crippen LogP contribution in [0, 0.1) is 23.7 Å². The highest BCUT2D eigenvalue weighted by atomic mass is 16.1. The second-order valence-corrected chi connectivity index (χ2v) is 7.94. The summed E-state index contributed by atoms with van der Waals surface area (Å²) in [6.07, 6.45) is 1.52. The van der Waals surface area contributed by atoms with E-state index in [4.69, 9.17) is 0 Å². The lowest BCUT2D eigenvalue weighted by molar-refractivity contribution is 0.101. The molecular weight excluding hydrogens is 360 g/mol. The number of benzene rings is 1. The molecule has 1 N–H and O–H groups in total. The summed E-state index contributed by atoms with van der Waals surface area (Å²) < 4.78 is 0. The molecule has 0 radical (unpaired) electrons. The van der Waals surface area contributed by atoms with Gasteiger partial charge in [0.2, 0.25) is 0 Å². The molecule has 0 aliphatic carbocycles. The Bertz CT molecular complexity index is 820. The van der Waals surface area contributed by atoms with Crippen LogP contribution in [-0.4, -0.2) is 30.1 Å². The highest BCUT2D eigenvalue weighted by Gasteiger charge is 2.14. The average molecular weight is 397 g/mol. The number of hydrogen-bond acceptors (Lipinski definition) is 4. The largest absolute Gasteiger partial charge is 0.363 e. The molecule has 0 unspecified atom stereocenters. The number of nitriles is 1. The number of anilines is 1. The normalized spacial score (nSPS) is 11.7. The maximum Gasteiger partial charge on any atom is 0.159 e. The van der Waals surface area contributed by atoms with Crippen molar-refractivity contribution < 1.29 is 4.79 Å². The predicted octanol–water partition coefficient (Wildman–Crippen LogP) is 5.95.